The van der Waals surface area contributed by atoms with Gasteiger partial charge in [-0.2, -0.15) is 0 Å². The summed E-state index contributed by atoms with van der Waals surface area (Å²) in [6.45, 7) is 4.18. The van der Waals surface area contributed by atoms with E-state index in [1.807, 2.05) is 53.4 Å². The van der Waals surface area contributed by atoms with Crippen molar-refractivity contribution in [1.29, 1.82) is 0 Å². The van der Waals surface area contributed by atoms with Gasteiger partial charge in [0, 0.05) is 11.1 Å². The molecule has 2 unspecified atom stereocenters. The van der Waals surface area contributed by atoms with E-state index in [9.17, 15) is 9.59 Å². The minimum absolute atomic E-state index is 0.431. The second-order valence-corrected chi connectivity index (χ2v) is 6.93. The number of nitrogens with zero attached hydrogens (tertiary/aromatic N) is 1. The Morgan fingerprint density at radius 3 is 2.29 bits per heavy atom. The quantitative estimate of drug-likeness (QED) is 0.377. The number of esters is 1. The summed E-state index contributed by atoms with van der Waals surface area (Å²) in [4.78, 5) is 26.9. The van der Waals surface area contributed by atoms with Gasteiger partial charge < -0.3 is 9.64 Å². The Bertz CT molecular complexity index is 845. The van der Waals surface area contributed by atoms with Crippen molar-refractivity contribution in [3.05, 3.63) is 65.7 Å². The van der Waals surface area contributed by atoms with Crippen LogP contribution in [0.5, 0.6) is 0 Å². The van der Waals surface area contributed by atoms with Gasteiger partial charge in [-0.15, -0.1) is 0 Å². The Morgan fingerprint density at radius 2 is 1.67 bits per heavy atom. The van der Waals surface area contributed by atoms with Gasteiger partial charge in [-0.3, -0.25) is 4.79 Å². The topological polar surface area (TPSA) is 46.4 Å². The van der Waals surface area contributed by atoms with E-state index in [0.717, 1.165) is 23.1 Å². The molecule has 0 amide bonds. The average molecular weight is 321 g/mol. The Morgan fingerprint density at radius 1 is 1.04 bits per heavy atom. The highest BCUT2D eigenvalue weighted by molar-refractivity contribution is 6.15. The van der Waals surface area contributed by atoms with E-state index in [-0.39, 0.29) is 0 Å². The van der Waals surface area contributed by atoms with Gasteiger partial charge in [0.1, 0.15) is 5.54 Å². The first-order chi connectivity index (χ1) is 11.5. The van der Waals surface area contributed by atoms with Crippen LogP contribution < -0.4 is 4.90 Å². The molecule has 0 aliphatic carbocycles. The molecule has 4 nitrogen and oxygen atoms in total. The number of methoxy groups -OCH3 is 1. The molecular formula is C20H19NO3. The van der Waals surface area contributed by atoms with Crippen LogP contribution in [0.1, 0.15) is 25.0 Å². The summed E-state index contributed by atoms with van der Waals surface area (Å²) in [6, 6.07) is 17.7. The minimum atomic E-state index is -1.32. The lowest BCUT2D eigenvalue weighted by atomic mass is 9.65. The fourth-order valence-electron chi connectivity index (χ4n) is 4.87. The molecule has 0 spiro atoms. The van der Waals surface area contributed by atoms with Crippen molar-refractivity contribution >= 4 is 17.9 Å². The van der Waals surface area contributed by atoms with E-state index in [0.29, 0.717) is 0 Å². The van der Waals surface area contributed by atoms with Crippen LogP contribution in [0.3, 0.4) is 0 Å². The van der Waals surface area contributed by atoms with E-state index in [1.165, 1.54) is 7.11 Å². The standard InChI is InChI=1S/C20H19NO3/c1-18(2)15-11-7-8-12-16(15)21-19(13-22,17(23)24-3)20(18,21)14-9-5-4-6-10-14/h4-13H,1-3H3. The van der Waals surface area contributed by atoms with Gasteiger partial charge in [0.2, 0.25) is 5.54 Å². The number of benzene rings is 2. The van der Waals surface area contributed by atoms with E-state index < -0.39 is 22.5 Å². The third kappa shape index (κ3) is 1.28. The largest absolute Gasteiger partial charge is 0.467 e. The highest BCUT2D eigenvalue weighted by Crippen LogP contribution is 2.74. The Hall–Kier alpha value is -2.62. The van der Waals surface area contributed by atoms with Gasteiger partial charge in [-0.1, -0.05) is 62.4 Å². The summed E-state index contributed by atoms with van der Waals surface area (Å²) in [7, 11) is 1.33. The van der Waals surface area contributed by atoms with Crippen molar-refractivity contribution in [2.45, 2.75) is 30.3 Å². The average Bonchev–Trinajstić information content (AvgIpc) is 3.21. The van der Waals surface area contributed by atoms with Crippen molar-refractivity contribution < 1.29 is 14.3 Å². The van der Waals surface area contributed by atoms with Crippen LogP contribution in [0.4, 0.5) is 5.69 Å². The maximum absolute atomic E-state index is 12.7. The Balaban J connectivity index is 2.08. The lowest BCUT2D eigenvalue weighted by molar-refractivity contribution is -0.145. The maximum Gasteiger partial charge on any atom is 0.342 e. The Labute approximate surface area is 141 Å². The number of carbonyl (C=O) groups excluding carboxylic acids is 2. The van der Waals surface area contributed by atoms with E-state index in [2.05, 4.69) is 19.9 Å². The first-order valence-corrected chi connectivity index (χ1v) is 8.00. The molecular weight excluding hydrogens is 302 g/mol. The number of fused-ring (bicyclic) bond motifs is 3. The number of aldehydes is 1. The molecule has 2 aliphatic heterocycles. The molecule has 4 rings (SSSR count). The summed E-state index contributed by atoms with van der Waals surface area (Å²) < 4.78 is 5.05. The summed E-state index contributed by atoms with van der Waals surface area (Å²) in [6.07, 6.45) is 0.753. The van der Waals surface area contributed by atoms with Crippen molar-refractivity contribution in [2.24, 2.45) is 0 Å². The normalized spacial score (nSPS) is 28.7. The number of rotatable bonds is 3. The van der Waals surface area contributed by atoms with Crippen molar-refractivity contribution in [3.8, 4) is 0 Å². The van der Waals surface area contributed by atoms with Crippen LogP contribution in [0, 0.1) is 0 Å². The van der Waals surface area contributed by atoms with Gasteiger partial charge in [0.15, 0.2) is 6.29 Å². The molecule has 2 aliphatic rings. The monoisotopic (exact) mass is 321 g/mol. The fraction of sp³-hybridized carbons (Fsp3) is 0.300. The van der Waals surface area contributed by atoms with Crippen molar-refractivity contribution in [2.75, 3.05) is 12.0 Å². The van der Waals surface area contributed by atoms with Gasteiger partial charge >= 0.3 is 5.97 Å². The number of ether oxygens (including phenoxy) is 1. The zero-order valence-electron chi connectivity index (χ0n) is 13.9. The summed E-state index contributed by atoms with van der Waals surface area (Å²) in [5.74, 6) is -0.510. The molecule has 4 heteroatoms. The van der Waals surface area contributed by atoms with Gasteiger partial charge in [-0.25, -0.2) is 4.79 Å². The second-order valence-electron chi connectivity index (χ2n) is 6.93. The molecule has 0 saturated carbocycles. The molecule has 24 heavy (non-hydrogen) atoms. The fourth-order valence-corrected chi connectivity index (χ4v) is 4.87. The molecule has 0 bridgehead atoms. The molecule has 2 aromatic rings. The van der Waals surface area contributed by atoms with Crippen LogP contribution >= 0.6 is 0 Å². The smallest absolute Gasteiger partial charge is 0.342 e. The van der Waals surface area contributed by atoms with Gasteiger partial charge in [0.25, 0.3) is 0 Å². The van der Waals surface area contributed by atoms with E-state index in [4.69, 9.17) is 4.74 Å². The van der Waals surface area contributed by atoms with Gasteiger partial charge in [0.05, 0.1) is 7.11 Å². The number of hydrogen-bond acceptors (Lipinski definition) is 4. The highest BCUT2D eigenvalue weighted by atomic mass is 16.5. The molecule has 1 fully saturated rings. The number of anilines is 1. The zero-order valence-corrected chi connectivity index (χ0v) is 13.9. The Kier molecular flexibility index (Phi) is 2.78. The SMILES string of the molecule is COC(=O)C1(C=O)N2c3ccccc3C(C)(C)C21c1ccccc1. The highest BCUT2D eigenvalue weighted by Gasteiger charge is 2.89. The molecule has 2 aromatic carbocycles. The van der Waals surface area contributed by atoms with Crippen LogP contribution in [0.15, 0.2) is 54.6 Å². The second kappa shape index (κ2) is 4.47. The first-order valence-electron chi connectivity index (χ1n) is 8.00. The maximum atomic E-state index is 12.7. The van der Waals surface area contributed by atoms with Crippen molar-refractivity contribution in [3.63, 3.8) is 0 Å². The summed E-state index contributed by atoms with van der Waals surface area (Å²) in [5.41, 5.74) is 0.489. The molecule has 0 N–H and O–H groups in total. The van der Waals surface area contributed by atoms with Gasteiger partial charge in [-0.05, 0) is 17.2 Å². The number of carbonyl (C=O) groups is 2. The summed E-state index contributed by atoms with van der Waals surface area (Å²) in [5, 5.41) is 0. The molecule has 1 saturated heterocycles. The first kappa shape index (κ1) is 14.9. The third-order valence-corrected chi connectivity index (χ3v) is 5.77. The predicted octanol–water partition coefficient (Wildman–Crippen LogP) is 2.80. The van der Waals surface area contributed by atoms with Crippen LogP contribution in [-0.2, 0) is 25.3 Å². The minimum Gasteiger partial charge on any atom is -0.467 e. The van der Waals surface area contributed by atoms with Crippen LogP contribution in [0.25, 0.3) is 0 Å². The predicted molar refractivity (Wildman–Crippen MR) is 90.9 cm³/mol. The molecule has 2 atom stereocenters. The molecule has 0 aromatic heterocycles. The van der Waals surface area contributed by atoms with E-state index >= 15 is 0 Å². The van der Waals surface area contributed by atoms with Crippen molar-refractivity contribution in [1.82, 2.24) is 0 Å². The zero-order chi connectivity index (χ0) is 17.2. The third-order valence-electron chi connectivity index (χ3n) is 5.77. The lowest BCUT2D eigenvalue weighted by Crippen LogP contribution is -2.46. The van der Waals surface area contributed by atoms with E-state index in [1.54, 1.807) is 0 Å². The lowest BCUT2D eigenvalue weighted by Gasteiger charge is -2.33. The molecule has 122 valence electrons. The number of para-hydroxylation sites is 1. The summed E-state index contributed by atoms with van der Waals surface area (Å²) >= 11 is 0. The number of hydrogen-bond donors (Lipinski definition) is 0. The van der Waals surface area contributed by atoms with Crippen LogP contribution in [0.2, 0.25) is 0 Å². The molecule has 0 radical (unpaired) electrons. The molecule has 2 heterocycles. The van der Waals surface area contributed by atoms with Crippen LogP contribution in [-0.4, -0.2) is 24.9 Å².